The number of nitrogens with zero attached hydrogens (tertiary/aromatic N) is 2. The SMILES string of the molecule is CN1CCC[C@@H]1[C@H]1CCCN1C(=O)c1ccc(F)cc1. The van der Waals surface area contributed by atoms with E-state index in [9.17, 15) is 9.18 Å². The molecule has 3 nitrogen and oxygen atoms in total. The van der Waals surface area contributed by atoms with E-state index >= 15 is 0 Å². The number of rotatable bonds is 2. The molecule has 1 aromatic carbocycles. The van der Waals surface area contributed by atoms with Crippen LogP contribution in [0.5, 0.6) is 0 Å². The molecule has 0 aliphatic carbocycles. The third-order valence-corrected chi connectivity index (χ3v) is 4.67. The highest BCUT2D eigenvalue weighted by molar-refractivity contribution is 5.94. The fourth-order valence-corrected chi connectivity index (χ4v) is 3.63. The molecule has 2 atom stereocenters. The second-order valence-electron chi connectivity index (χ2n) is 5.91. The topological polar surface area (TPSA) is 23.6 Å². The van der Waals surface area contributed by atoms with Crippen LogP contribution >= 0.6 is 0 Å². The maximum absolute atomic E-state index is 13.0. The summed E-state index contributed by atoms with van der Waals surface area (Å²) in [5.41, 5.74) is 0.596. The molecule has 2 heterocycles. The Kier molecular flexibility index (Phi) is 3.74. The second kappa shape index (κ2) is 5.52. The summed E-state index contributed by atoms with van der Waals surface area (Å²) in [5, 5.41) is 0. The number of carbonyl (C=O) groups is 1. The van der Waals surface area contributed by atoms with Gasteiger partial charge in [-0.25, -0.2) is 4.39 Å². The van der Waals surface area contributed by atoms with Crippen molar-refractivity contribution in [2.75, 3.05) is 20.1 Å². The fourth-order valence-electron chi connectivity index (χ4n) is 3.63. The van der Waals surface area contributed by atoms with E-state index in [0.717, 1.165) is 25.9 Å². The molecule has 1 aromatic rings. The minimum absolute atomic E-state index is 0.0489. The maximum Gasteiger partial charge on any atom is 0.254 e. The van der Waals surface area contributed by atoms with Crippen molar-refractivity contribution in [2.45, 2.75) is 37.8 Å². The lowest BCUT2D eigenvalue weighted by Gasteiger charge is -2.33. The van der Waals surface area contributed by atoms with Gasteiger partial charge >= 0.3 is 0 Å². The van der Waals surface area contributed by atoms with Crippen molar-refractivity contribution >= 4 is 5.91 Å². The first-order valence-electron chi connectivity index (χ1n) is 7.43. The number of amides is 1. The molecular weight excluding hydrogens is 255 g/mol. The first kappa shape index (κ1) is 13.6. The molecule has 2 aliphatic heterocycles. The lowest BCUT2D eigenvalue weighted by Crippen LogP contribution is -2.47. The van der Waals surface area contributed by atoms with E-state index < -0.39 is 0 Å². The van der Waals surface area contributed by atoms with Crippen molar-refractivity contribution in [1.29, 1.82) is 0 Å². The Morgan fingerprint density at radius 3 is 2.40 bits per heavy atom. The summed E-state index contributed by atoms with van der Waals surface area (Å²) in [5.74, 6) is -0.247. The largest absolute Gasteiger partial charge is 0.334 e. The van der Waals surface area contributed by atoms with Crippen molar-refractivity contribution in [2.24, 2.45) is 0 Å². The highest BCUT2D eigenvalue weighted by Gasteiger charge is 2.38. The summed E-state index contributed by atoms with van der Waals surface area (Å²) in [6.45, 7) is 1.95. The lowest BCUT2D eigenvalue weighted by molar-refractivity contribution is 0.0664. The summed E-state index contributed by atoms with van der Waals surface area (Å²) in [6, 6.07) is 6.71. The Morgan fingerprint density at radius 1 is 1.10 bits per heavy atom. The average Bonchev–Trinajstić information content (AvgIpc) is 3.07. The number of likely N-dealkylation sites (tertiary alicyclic amines) is 2. The van der Waals surface area contributed by atoms with Crippen molar-refractivity contribution in [3.8, 4) is 0 Å². The normalized spacial score (nSPS) is 27.2. The van der Waals surface area contributed by atoms with Crippen LogP contribution in [0.15, 0.2) is 24.3 Å². The summed E-state index contributed by atoms with van der Waals surface area (Å²) in [6.07, 6.45) is 4.55. The van der Waals surface area contributed by atoms with Gasteiger partial charge in [-0.05, 0) is 63.5 Å². The lowest BCUT2D eigenvalue weighted by atomic mass is 10.0. The summed E-state index contributed by atoms with van der Waals surface area (Å²) in [7, 11) is 2.15. The van der Waals surface area contributed by atoms with Gasteiger partial charge in [0.25, 0.3) is 5.91 Å². The number of likely N-dealkylation sites (N-methyl/N-ethyl adjacent to an activating group) is 1. The molecule has 0 bridgehead atoms. The molecule has 20 heavy (non-hydrogen) atoms. The van der Waals surface area contributed by atoms with Crippen LogP contribution in [0.25, 0.3) is 0 Å². The van der Waals surface area contributed by atoms with Crippen molar-refractivity contribution in [3.05, 3.63) is 35.6 Å². The van der Waals surface area contributed by atoms with Gasteiger partial charge in [0, 0.05) is 24.2 Å². The molecule has 0 aromatic heterocycles. The monoisotopic (exact) mass is 276 g/mol. The molecule has 2 fully saturated rings. The number of halogens is 1. The van der Waals surface area contributed by atoms with Crippen LogP contribution in [0.3, 0.4) is 0 Å². The van der Waals surface area contributed by atoms with E-state index in [1.54, 1.807) is 12.1 Å². The predicted octanol–water partition coefficient (Wildman–Crippen LogP) is 2.52. The summed E-state index contributed by atoms with van der Waals surface area (Å²) in [4.78, 5) is 17.0. The van der Waals surface area contributed by atoms with Gasteiger partial charge in [0.2, 0.25) is 0 Å². The molecule has 0 N–H and O–H groups in total. The molecule has 0 spiro atoms. The van der Waals surface area contributed by atoms with Gasteiger partial charge in [0.1, 0.15) is 5.82 Å². The number of hydrogen-bond acceptors (Lipinski definition) is 2. The first-order valence-corrected chi connectivity index (χ1v) is 7.43. The Balaban J connectivity index is 1.78. The van der Waals surface area contributed by atoms with Crippen molar-refractivity contribution in [1.82, 2.24) is 9.80 Å². The molecule has 2 aliphatic rings. The predicted molar refractivity (Wildman–Crippen MR) is 76.1 cm³/mol. The Bertz CT molecular complexity index is 488. The fraction of sp³-hybridized carbons (Fsp3) is 0.562. The molecule has 2 saturated heterocycles. The minimum atomic E-state index is -0.296. The summed E-state index contributed by atoms with van der Waals surface area (Å²) >= 11 is 0. The van der Waals surface area contributed by atoms with Crippen LogP contribution in [0, 0.1) is 5.82 Å². The number of carbonyl (C=O) groups excluding carboxylic acids is 1. The van der Waals surface area contributed by atoms with E-state index in [-0.39, 0.29) is 11.7 Å². The van der Waals surface area contributed by atoms with Crippen LogP contribution in [-0.2, 0) is 0 Å². The molecule has 0 unspecified atom stereocenters. The molecule has 1 amide bonds. The number of hydrogen-bond donors (Lipinski definition) is 0. The van der Waals surface area contributed by atoms with E-state index in [1.165, 1.54) is 25.0 Å². The molecule has 0 radical (unpaired) electrons. The minimum Gasteiger partial charge on any atom is -0.334 e. The van der Waals surface area contributed by atoms with Gasteiger partial charge in [-0.1, -0.05) is 0 Å². The zero-order chi connectivity index (χ0) is 14.1. The van der Waals surface area contributed by atoms with Crippen molar-refractivity contribution < 1.29 is 9.18 Å². The Morgan fingerprint density at radius 2 is 1.75 bits per heavy atom. The molecule has 0 saturated carbocycles. The summed E-state index contributed by atoms with van der Waals surface area (Å²) < 4.78 is 13.0. The zero-order valence-electron chi connectivity index (χ0n) is 11.9. The van der Waals surface area contributed by atoms with Gasteiger partial charge in [-0.2, -0.15) is 0 Å². The average molecular weight is 276 g/mol. The number of benzene rings is 1. The van der Waals surface area contributed by atoms with Gasteiger partial charge in [-0.15, -0.1) is 0 Å². The van der Waals surface area contributed by atoms with Gasteiger partial charge in [0.05, 0.1) is 0 Å². The third-order valence-electron chi connectivity index (χ3n) is 4.67. The third kappa shape index (κ3) is 2.44. The van der Waals surface area contributed by atoms with E-state index in [1.807, 2.05) is 4.90 Å². The molecule has 3 rings (SSSR count). The van der Waals surface area contributed by atoms with Crippen LogP contribution in [0.2, 0.25) is 0 Å². The smallest absolute Gasteiger partial charge is 0.254 e. The maximum atomic E-state index is 13.0. The standard InChI is InChI=1S/C16H21FN2O/c1-18-10-2-4-14(18)15-5-3-11-19(15)16(20)12-6-8-13(17)9-7-12/h6-9,14-15H,2-5,10-11H2,1H3/t14-,15-/m1/s1. The van der Waals surface area contributed by atoms with Gasteiger partial charge < -0.3 is 9.80 Å². The van der Waals surface area contributed by atoms with Crippen LogP contribution in [0.4, 0.5) is 4.39 Å². The van der Waals surface area contributed by atoms with E-state index in [4.69, 9.17) is 0 Å². The highest BCUT2D eigenvalue weighted by Crippen LogP contribution is 2.30. The molecule has 4 heteroatoms. The highest BCUT2D eigenvalue weighted by atomic mass is 19.1. The van der Waals surface area contributed by atoms with Crippen LogP contribution in [0.1, 0.15) is 36.0 Å². The quantitative estimate of drug-likeness (QED) is 0.828. The van der Waals surface area contributed by atoms with Crippen LogP contribution in [-0.4, -0.2) is 47.9 Å². The second-order valence-corrected chi connectivity index (χ2v) is 5.91. The van der Waals surface area contributed by atoms with Crippen molar-refractivity contribution in [3.63, 3.8) is 0 Å². The zero-order valence-corrected chi connectivity index (χ0v) is 11.9. The van der Waals surface area contributed by atoms with E-state index in [0.29, 0.717) is 17.6 Å². The van der Waals surface area contributed by atoms with E-state index in [2.05, 4.69) is 11.9 Å². The Labute approximate surface area is 119 Å². The first-order chi connectivity index (χ1) is 9.66. The molecule has 108 valence electrons. The Hall–Kier alpha value is -1.42. The van der Waals surface area contributed by atoms with Gasteiger partial charge in [-0.3, -0.25) is 4.79 Å². The van der Waals surface area contributed by atoms with Crippen LogP contribution < -0.4 is 0 Å². The van der Waals surface area contributed by atoms with Gasteiger partial charge in [0.15, 0.2) is 0 Å². The molecular formula is C16H21FN2O.